The molecule has 0 radical (unpaired) electrons. The van der Waals surface area contributed by atoms with Crippen LogP contribution in [0.15, 0.2) is 18.2 Å². The van der Waals surface area contributed by atoms with Crippen molar-refractivity contribution in [2.24, 2.45) is 0 Å². The summed E-state index contributed by atoms with van der Waals surface area (Å²) in [5.74, 6) is -0.516. The fourth-order valence-corrected chi connectivity index (χ4v) is 1.72. The minimum absolute atomic E-state index is 0.110. The second-order valence-electron chi connectivity index (χ2n) is 5.88. The molecule has 0 aliphatic carbocycles. The third kappa shape index (κ3) is 3.79. The van der Waals surface area contributed by atoms with Crippen LogP contribution in [-0.4, -0.2) is 18.0 Å². The average molecular weight is 281 g/mol. The van der Waals surface area contributed by atoms with Crippen LogP contribution in [0.25, 0.3) is 0 Å². The molecule has 4 nitrogen and oxygen atoms in total. The molecule has 1 amide bonds. The second-order valence-corrected chi connectivity index (χ2v) is 5.88. The van der Waals surface area contributed by atoms with Crippen molar-refractivity contribution in [2.45, 2.75) is 45.8 Å². The van der Waals surface area contributed by atoms with Crippen molar-refractivity contribution < 1.29 is 18.7 Å². The van der Waals surface area contributed by atoms with Gasteiger partial charge in [0.05, 0.1) is 0 Å². The molecular formula is C15H20FNO3. The van der Waals surface area contributed by atoms with Gasteiger partial charge in [-0.25, -0.2) is 9.18 Å². The highest BCUT2D eigenvalue weighted by Crippen LogP contribution is 2.24. The van der Waals surface area contributed by atoms with E-state index in [0.717, 1.165) is 0 Å². The summed E-state index contributed by atoms with van der Waals surface area (Å²) in [6, 6.07) is 4.69. The molecule has 0 aliphatic heterocycles. The Labute approximate surface area is 118 Å². The first kappa shape index (κ1) is 16.1. The highest BCUT2D eigenvalue weighted by Gasteiger charge is 2.33. The van der Waals surface area contributed by atoms with Gasteiger partial charge in [-0.05, 0) is 40.2 Å². The van der Waals surface area contributed by atoms with E-state index in [4.69, 9.17) is 4.74 Å². The summed E-state index contributed by atoms with van der Waals surface area (Å²) in [6.07, 6.45) is -0.276. The number of carbonyl (C=O) groups is 2. The van der Waals surface area contributed by atoms with Crippen LogP contribution < -0.4 is 5.32 Å². The Hall–Kier alpha value is -1.91. The van der Waals surface area contributed by atoms with E-state index in [1.54, 1.807) is 39.8 Å². The van der Waals surface area contributed by atoms with Gasteiger partial charge in [0.15, 0.2) is 0 Å². The molecule has 0 bridgehead atoms. The van der Waals surface area contributed by atoms with E-state index in [1.165, 1.54) is 13.0 Å². The van der Waals surface area contributed by atoms with E-state index in [0.29, 0.717) is 11.8 Å². The van der Waals surface area contributed by atoms with E-state index >= 15 is 0 Å². The summed E-state index contributed by atoms with van der Waals surface area (Å²) in [4.78, 5) is 23.1. The highest BCUT2D eigenvalue weighted by atomic mass is 19.1. The average Bonchev–Trinajstić information content (AvgIpc) is 2.29. The van der Waals surface area contributed by atoms with Crippen LogP contribution in [-0.2, 0) is 15.1 Å². The lowest BCUT2D eigenvalue weighted by molar-refractivity contribution is -0.113. The lowest BCUT2D eigenvalue weighted by atomic mass is 9.92. The molecule has 0 saturated heterocycles. The molecule has 0 aliphatic rings. The maximum absolute atomic E-state index is 14.1. The fourth-order valence-electron chi connectivity index (χ4n) is 1.72. The largest absolute Gasteiger partial charge is 0.444 e. The van der Waals surface area contributed by atoms with Crippen LogP contribution in [0.4, 0.5) is 9.18 Å². The SMILES string of the molecule is Cc1cccc(C(C)(C=O)NC(=O)OC(C)(C)C)c1F. The van der Waals surface area contributed by atoms with Gasteiger partial charge in [-0.15, -0.1) is 0 Å². The fraction of sp³-hybridized carbons (Fsp3) is 0.467. The quantitative estimate of drug-likeness (QED) is 0.866. The highest BCUT2D eigenvalue weighted by molar-refractivity contribution is 5.78. The van der Waals surface area contributed by atoms with E-state index < -0.39 is 23.1 Å². The lowest BCUT2D eigenvalue weighted by Gasteiger charge is -2.28. The van der Waals surface area contributed by atoms with Crippen LogP contribution >= 0.6 is 0 Å². The normalized spacial score (nSPS) is 14.3. The molecule has 1 aromatic rings. The number of benzene rings is 1. The van der Waals surface area contributed by atoms with Gasteiger partial charge in [-0.3, -0.25) is 0 Å². The topological polar surface area (TPSA) is 55.4 Å². The zero-order valence-corrected chi connectivity index (χ0v) is 12.4. The monoisotopic (exact) mass is 281 g/mol. The Balaban J connectivity index is 3.06. The molecule has 0 saturated carbocycles. The van der Waals surface area contributed by atoms with Crippen molar-refractivity contribution >= 4 is 12.4 Å². The van der Waals surface area contributed by atoms with Crippen LogP contribution in [0, 0.1) is 12.7 Å². The smallest absolute Gasteiger partial charge is 0.408 e. The predicted octanol–water partition coefficient (Wildman–Crippen LogP) is 3.07. The Bertz CT molecular complexity index is 522. The van der Waals surface area contributed by atoms with Crippen molar-refractivity contribution in [1.29, 1.82) is 0 Å². The zero-order chi connectivity index (χ0) is 15.6. The number of halogens is 1. The number of carbonyl (C=O) groups excluding carboxylic acids is 2. The molecule has 1 unspecified atom stereocenters. The van der Waals surface area contributed by atoms with Gasteiger partial charge < -0.3 is 14.8 Å². The summed E-state index contributed by atoms with van der Waals surface area (Å²) in [7, 11) is 0. The van der Waals surface area contributed by atoms with Crippen molar-refractivity contribution in [3.05, 3.63) is 35.1 Å². The first-order chi connectivity index (χ1) is 9.09. The van der Waals surface area contributed by atoms with E-state index in [2.05, 4.69) is 5.32 Å². The molecule has 1 atom stereocenters. The zero-order valence-electron chi connectivity index (χ0n) is 12.4. The molecule has 20 heavy (non-hydrogen) atoms. The Kier molecular flexibility index (Phi) is 4.53. The van der Waals surface area contributed by atoms with Crippen LogP contribution in [0.2, 0.25) is 0 Å². The molecule has 1 rings (SSSR count). The molecule has 1 aromatic carbocycles. The maximum Gasteiger partial charge on any atom is 0.408 e. The number of hydrogen-bond acceptors (Lipinski definition) is 3. The first-order valence-corrected chi connectivity index (χ1v) is 6.32. The molecular weight excluding hydrogens is 261 g/mol. The van der Waals surface area contributed by atoms with E-state index in [1.807, 2.05) is 0 Å². The van der Waals surface area contributed by atoms with E-state index in [9.17, 15) is 14.0 Å². The van der Waals surface area contributed by atoms with Crippen LogP contribution in [0.1, 0.15) is 38.8 Å². The van der Waals surface area contributed by atoms with E-state index in [-0.39, 0.29) is 5.56 Å². The van der Waals surface area contributed by atoms with Gasteiger partial charge in [0.2, 0.25) is 0 Å². The molecule has 110 valence electrons. The standard InChI is InChI=1S/C15H20FNO3/c1-10-7-6-8-11(12(10)16)15(5,9-18)17-13(19)20-14(2,3)4/h6-9H,1-5H3,(H,17,19). The second kappa shape index (κ2) is 5.61. The molecule has 5 heteroatoms. The molecule has 1 N–H and O–H groups in total. The Morgan fingerprint density at radius 1 is 1.30 bits per heavy atom. The molecule has 0 spiro atoms. The molecule has 0 heterocycles. The molecule has 0 fully saturated rings. The van der Waals surface area contributed by atoms with Gasteiger partial charge in [-0.1, -0.05) is 18.2 Å². The summed E-state index contributed by atoms with van der Waals surface area (Å²) in [5, 5.41) is 2.41. The summed E-state index contributed by atoms with van der Waals surface area (Å²) in [6.45, 7) is 8.15. The maximum atomic E-state index is 14.1. The predicted molar refractivity (Wildman–Crippen MR) is 73.9 cm³/mol. The van der Waals surface area contributed by atoms with Gasteiger partial charge >= 0.3 is 6.09 Å². The van der Waals surface area contributed by atoms with Gasteiger partial charge in [0.1, 0.15) is 23.2 Å². The van der Waals surface area contributed by atoms with Crippen molar-refractivity contribution in [3.63, 3.8) is 0 Å². The summed E-state index contributed by atoms with van der Waals surface area (Å²) in [5.41, 5.74) is -1.66. The van der Waals surface area contributed by atoms with Crippen LogP contribution in [0.5, 0.6) is 0 Å². The number of rotatable bonds is 3. The third-order valence-corrected chi connectivity index (χ3v) is 2.75. The number of aryl methyl sites for hydroxylation is 1. The van der Waals surface area contributed by atoms with Crippen molar-refractivity contribution in [2.75, 3.05) is 0 Å². The number of aldehydes is 1. The van der Waals surface area contributed by atoms with Gasteiger partial charge in [0, 0.05) is 5.56 Å². The van der Waals surface area contributed by atoms with Crippen molar-refractivity contribution in [3.8, 4) is 0 Å². The number of alkyl carbamates (subject to hydrolysis) is 1. The third-order valence-electron chi connectivity index (χ3n) is 2.75. The number of nitrogens with one attached hydrogen (secondary N) is 1. The number of hydrogen-bond donors (Lipinski definition) is 1. The van der Waals surface area contributed by atoms with Crippen LogP contribution in [0.3, 0.4) is 0 Å². The number of amides is 1. The van der Waals surface area contributed by atoms with Crippen molar-refractivity contribution in [1.82, 2.24) is 5.32 Å². The minimum atomic E-state index is -1.47. The molecule has 0 aromatic heterocycles. The first-order valence-electron chi connectivity index (χ1n) is 6.32. The Morgan fingerprint density at radius 3 is 2.40 bits per heavy atom. The summed E-state index contributed by atoms with van der Waals surface area (Å²) < 4.78 is 19.2. The lowest BCUT2D eigenvalue weighted by Crippen LogP contribution is -2.47. The number of ether oxygens (including phenoxy) is 1. The van der Waals surface area contributed by atoms with Gasteiger partial charge in [-0.2, -0.15) is 0 Å². The summed E-state index contributed by atoms with van der Waals surface area (Å²) >= 11 is 0. The Morgan fingerprint density at radius 2 is 1.90 bits per heavy atom. The van der Waals surface area contributed by atoms with Gasteiger partial charge in [0.25, 0.3) is 0 Å². The minimum Gasteiger partial charge on any atom is -0.444 e.